The van der Waals surface area contributed by atoms with Gasteiger partial charge in [0.25, 0.3) is 0 Å². The summed E-state index contributed by atoms with van der Waals surface area (Å²) >= 11 is 0. The minimum absolute atomic E-state index is 0.344. The normalized spacial score (nSPS) is 42.5. The topological polar surface area (TPSA) is 20.2 Å². The van der Waals surface area contributed by atoms with Crippen molar-refractivity contribution in [2.45, 2.75) is 40.2 Å². The molecule has 17 heavy (non-hydrogen) atoms. The summed E-state index contributed by atoms with van der Waals surface area (Å²) in [6.45, 7) is 13.0. The zero-order valence-corrected chi connectivity index (χ0v) is 11.6. The van der Waals surface area contributed by atoms with Gasteiger partial charge in [-0.25, -0.2) is 0 Å². The standard InChI is InChI=1S/C16H26O/c1-6-15(17)16-11(5)13-8-12(9(2)3)14(16)7-10(13)4/h6-7,9,11-17H,1,8H2,2-5H3/t11-,12-,13-,14+,15-,16+/m0/s1. The third-order valence-electron chi connectivity index (χ3n) is 5.24. The van der Waals surface area contributed by atoms with Crippen LogP contribution in [0.25, 0.3) is 0 Å². The molecule has 3 aliphatic carbocycles. The van der Waals surface area contributed by atoms with Gasteiger partial charge >= 0.3 is 0 Å². The van der Waals surface area contributed by atoms with E-state index in [2.05, 4.69) is 40.3 Å². The summed E-state index contributed by atoms with van der Waals surface area (Å²) in [6.07, 6.45) is 5.13. The number of rotatable bonds is 3. The Hall–Kier alpha value is -0.560. The van der Waals surface area contributed by atoms with Crippen molar-refractivity contribution in [3.8, 4) is 0 Å². The van der Waals surface area contributed by atoms with Crippen molar-refractivity contribution in [2.75, 3.05) is 0 Å². The smallest absolute Gasteiger partial charge is 0.0754 e. The van der Waals surface area contributed by atoms with Crippen LogP contribution in [0, 0.1) is 35.5 Å². The monoisotopic (exact) mass is 234 g/mol. The van der Waals surface area contributed by atoms with Gasteiger partial charge in [0.05, 0.1) is 6.10 Å². The summed E-state index contributed by atoms with van der Waals surface area (Å²) in [7, 11) is 0. The fourth-order valence-electron chi connectivity index (χ4n) is 4.24. The maximum absolute atomic E-state index is 10.2. The minimum atomic E-state index is -0.344. The molecule has 0 radical (unpaired) electrons. The molecule has 1 fully saturated rings. The van der Waals surface area contributed by atoms with Gasteiger partial charge in [-0.2, -0.15) is 0 Å². The molecule has 0 aromatic heterocycles. The van der Waals surface area contributed by atoms with E-state index in [1.54, 1.807) is 11.6 Å². The average molecular weight is 234 g/mol. The molecule has 1 heteroatoms. The van der Waals surface area contributed by atoms with Crippen molar-refractivity contribution in [2.24, 2.45) is 35.5 Å². The quantitative estimate of drug-likeness (QED) is 0.739. The van der Waals surface area contributed by atoms with Gasteiger partial charge in [0.1, 0.15) is 0 Å². The van der Waals surface area contributed by atoms with Gasteiger partial charge in [-0.05, 0) is 48.9 Å². The maximum Gasteiger partial charge on any atom is 0.0754 e. The molecule has 3 rings (SSSR count). The van der Waals surface area contributed by atoms with E-state index >= 15 is 0 Å². The number of hydrogen-bond acceptors (Lipinski definition) is 1. The number of aliphatic hydroxyl groups excluding tert-OH is 1. The summed E-state index contributed by atoms with van der Waals surface area (Å²) in [4.78, 5) is 0. The van der Waals surface area contributed by atoms with Gasteiger partial charge in [-0.1, -0.05) is 38.5 Å². The Bertz CT molecular complexity index is 328. The zero-order chi connectivity index (χ0) is 12.7. The Balaban J connectivity index is 2.33. The molecule has 6 atom stereocenters. The first-order chi connectivity index (χ1) is 7.97. The molecule has 3 aliphatic rings. The van der Waals surface area contributed by atoms with Crippen molar-refractivity contribution < 1.29 is 5.11 Å². The third kappa shape index (κ3) is 1.99. The van der Waals surface area contributed by atoms with Crippen LogP contribution in [0.4, 0.5) is 0 Å². The molecule has 0 heterocycles. The zero-order valence-electron chi connectivity index (χ0n) is 11.6. The van der Waals surface area contributed by atoms with E-state index in [1.165, 1.54) is 6.42 Å². The highest BCUT2D eigenvalue weighted by atomic mass is 16.3. The molecule has 1 saturated carbocycles. The van der Waals surface area contributed by atoms with Gasteiger partial charge in [0, 0.05) is 0 Å². The van der Waals surface area contributed by atoms with Crippen molar-refractivity contribution >= 4 is 0 Å². The average Bonchev–Trinajstić information content (AvgIpc) is 2.27. The molecule has 1 N–H and O–H groups in total. The molecule has 0 aromatic carbocycles. The van der Waals surface area contributed by atoms with Crippen LogP contribution in [0.1, 0.15) is 34.1 Å². The minimum Gasteiger partial charge on any atom is -0.389 e. The van der Waals surface area contributed by atoms with Crippen LogP contribution in [0.5, 0.6) is 0 Å². The summed E-state index contributed by atoms with van der Waals surface area (Å²) in [5, 5.41) is 10.2. The molecule has 0 aliphatic heterocycles. The second-order valence-corrected chi connectivity index (χ2v) is 6.40. The van der Waals surface area contributed by atoms with Crippen LogP contribution in [0.15, 0.2) is 24.3 Å². The van der Waals surface area contributed by atoms with Crippen LogP contribution in [0.2, 0.25) is 0 Å². The highest BCUT2D eigenvalue weighted by Gasteiger charge is 2.48. The van der Waals surface area contributed by atoms with Crippen LogP contribution >= 0.6 is 0 Å². The van der Waals surface area contributed by atoms with Crippen molar-refractivity contribution in [3.05, 3.63) is 24.3 Å². The van der Waals surface area contributed by atoms with E-state index in [4.69, 9.17) is 0 Å². The van der Waals surface area contributed by atoms with E-state index < -0.39 is 0 Å². The molecule has 0 spiro atoms. The Morgan fingerprint density at radius 2 is 2.12 bits per heavy atom. The van der Waals surface area contributed by atoms with Crippen molar-refractivity contribution in [1.29, 1.82) is 0 Å². The second-order valence-electron chi connectivity index (χ2n) is 6.40. The highest BCUT2D eigenvalue weighted by Crippen LogP contribution is 2.53. The van der Waals surface area contributed by atoms with Crippen molar-refractivity contribution in [1.82, 2.24) is 0 Å². The number of hydrogen-bond donors (Lipinski definition) is 1. The van der Waals surface area contributed by atoms with E-state index in [0.717, 1.165) is 5.92 Å². The number of fused-ring (bicyclic) bond motifs is 2. The predicted octanol–water partition coefficient (Wildman–Crippen LogP) is 3.65. The summed E-state index contributed by atoms with van der Waals surface area (Å²) in [5.41, 5.74) is 1.55. The second kappa shape index (κ2) is 4.61. The molecule has 96 valence electrons. The lowest BCUT2D eigenvalue weighted by molar-refractivity contribution is -0.0170. The first-order valence-electron chi connectivity index (χ1n) is 6.96. The van der Waals surface area contributed by atoms with Crippen LogP contribution < -0.4 is 0 Å². The molecular formula is C16H26O. The fraction of sp³-hybridized carbons (Fsp3) is 0.750. The van der Waals surface area contributed by atoms with Gasteiger partial charge in [0.15, 0.2) is 0 Å². The first kappa shape index (κ1) is 12.9. The van der Waals surface area contributed by atoms with Crippen molar-refractivity contribution in [3.63, 3.8) is 0 Å². The van der Waals surface area contributed by atoms with Gasteiger partial charge in [-0.3, -0.25) is 0 Å². The maximum atomic E-state index is 10.2. The fourth-order valence-corrected chi connectivity index (χ4v) is 4.24. The van der Waals surface area contributed by atoms with Crippen LogP contribution in [0.3, 0.4) is 0 Å². The lowest BCUT2D eigenvalue weighted by Crippen LogP contribution is -2.48. The highest BCUT2D eigenvalue weighted by molar-refractivity contribution is 5.21. The molecule has 0 unspecified atom stereocenters. The Morgan fingerprint density at radius 3 is 2.65 bits per heavy atom. The number of aliphatic hydroxyl groups is 1. The lowest BCUT2D eigenvalue weighted by Gasteiger charge is -2.52. The van der Waals surface area contributed by atoms with Gasteiger partial charge < -0.3 is 5.11 Å². The summed E-state index contributed by atoms with van der Waals surface area (Å²) < 4.78 is 0. The Morgan fingerprint density at radius 1 is 1.47 bits per heavy atom. The predicted molar refractivity (Wildman–Crippen MR) is 72.5 cm³/mol. The molecule has 0 aromatic rings. The number of allylic oxidation sites excluding steroid dienone is 2. The molecular weight excluding hydrogens is 208 g/mol. The van der Waals surface area contributed by atoms with Gasteiger partial charge in [-0.15, -0.1) is 6.58 Å². The SMILES string of the molecule is C=C[C@H](O)[C@@H]1[C@@H](C)[C@H]2C[C@@H](C(C)C)[C@H]1C=C2C. The van der Waals surface area contributed by atoms with Crippen LogP contribution in [-0.4, -0.2) is 11.2 Å². The summed E-state index contributed by atoms with van der Waals surface area (Å²) in [6, 6.07) is 0. The van der Waals surface area contributed by atoms with Crippen LogP contribution in [-0.2, 0) is 0 Å². The van der Waals surface area contributed by atoms with E-state index in [-0.39, 0.29) is 6.10 Å². The van der Waals surface area contributed by atoms with E-state index in [1.807, 2.05) is 0 Å². The molecule has 2 bridgehead atoms. The molecule has 0 saturated heterocycles. The Labute approximate surface area is 106 Å². The molecule has 1 nitrogen and oxygen atoms in total. The summed E-state index contributed by atoms with van der Waals surface area (Å²) in [5.74, 6) is 3.63. The lowest BCUT2D eigenvalue weighted by atomic mass is 9.53. The van der Waals surface area contributed by atoms with E-state index in [0.29, 0.717) is 29.6 Å². The Kier molecular flexibility index (Phi) is 3.49. The first-order valence-corrected chi connectivity index (χ1v) is 6.96. The largest absolute Gasteiger partial charge is 0.389 e. The third-order valence-corrected chi connectivity index (χ3v) is 5.24. The van der Waals surface area contributed by atoms with E-state index in [9.17, 15) is 5.11 Å². The molecule has 0 amide bonds. The van der Waals surface area contributed by atoms with Gasteiger partial charge in [0.2, 0.25) is 0 Å².